The van der Waals surface area contributed by atoms with Gasteiger partial charge in [0.05, 0.1) is 6.04 Å². The molecule has 2 aromatic carbocycles. The zero-order chi connectivity index (χ0) is 20.9. The number of anilines is 1. The number of nitrogens with one attached hydrogen (secondary N) is 1. The summed E-state index contributed by atoms with van der Waals surface area (Å²) in [4.78, 5) is 16.6. The standard InChI is InChI=1S/C25H32FN3O/c1-2-27-24(18-30)21-6-5-20-10-16-29(25(20)17-21)23-11-14-28(15-12-23)13-9-19-3-7-22(26)8-4-19/h3-8,17-18,23-24,27H,2,9-16H2,1H3. The van der Waals surface area contributed by atoms with E-state index in [2.05, 4.69) is 33.3 Å². The minimum atomic E-state index is -0.226. The lowest BCUT2D eigenvalue weighted by Gasteiger charge is -2.38. The van der Waals surface area contributed by atoms with Gasteiger partial charge in [0.15, 0.2) is 0 Å². The number of likely N-dealkylation sites (N-methyl/N-ethyl adjacent to an activating group) is 1. The van der Waals surface area contributed by atoms with Crippen molar-refractivity contribution in [3.05, 3.63) is 65.0 Å². The first kappa shape index (κ1) is 21.0. The molecule has 2 heterocycles. The molecule has 1 N–H and O–H groups in total. The highest BCUT2D eigenvalue weighted by Crippen LogP contribution is 2.34. The highest BCUT2D eigenvalue weighted by atomic mass is 19.1. The van der Waals surface area contributed by atoms with Gasteiger partial charge in [-0.3, -0.25) is 0 Å². The van der Waals surface area contributed by atoms with Crippen molar-refractivity contribution in [2.24, 2.45) is 0 Å². The molecule has 1 saturated heterocycles. The maximum Gasteiger partial charge on any atom is 0.141 e. The molecule has 1 fully saturated rings. The molecule has 0 aliphatic carbocycles. The average molecular weight is 410 g/mol. The van der Waals surface area contributed by atoms with Gasteiger partial charge in [-0.05, 0) is 67.1 Å². The summed E-state index contributed by atoms with van der Waals surface area (Å²) < 4.78 is 13.1. The fraction of sp³-hybridized carbons (Fsp3) is 0.480. The van der Waals surface area contributed by atoms with Crippen molar-refractivity contribution in [3.8, 4) is 0 Å². The van der Waals surface area contributed by atoms with Crippen LogP contribution in [0.1, 0.15) is 42.5 Å². The summed E-state index contributed by atoms with van der Waals surface area (Å²) in [5.74, 6) is -0.168. The predicted octanol–water partition coefficient (Wildman–Crippen LogP) is 3.74. The van der Waals surface area contributed by atoms with Crippen LogP contribution >= 0.6 is 0 Å². The molecule has 5 heteroatoms. The number of rotatable bonds is 8. The summed E-state index contributed by atoms with van der Waals surface area (Å²) >= 11 is 0. The molecule has 1 atom stereocenters. The van der Waals surface area contributed by atoms with Crippen LogP contribution in [0.4, 0.5) is 10.1 Å². The normalized spacial score (nSPS) is 18.4. The van der Waals surface area contributed by atoms with E-state index >= 15 is 0 Å². The summed E-state index contributed by atoms with van der Waals surface area (Å²) in [6.07, 6.45) is 5.39. The Labute approximate surface area is 179 Å². The zero-order valence-corrected chi connectivity index (χ0v) is 17.8. The summed E-state index contributed by atoms with van der Waals surface area (Å²) in [6.45, 7) is 7.12. The largest absolute Gasteiger partial charge is 0.368 e. The molecule has 2 aliphatic heterocycles. The quantitative estimate of drug-likeness (QED) is 0.674. The first-order chi connectivity index (χ1) is 14.7. The van der Waals surface area contributed by atoms with Crippen LogP contribution in [0.2, 0.25) is 0 Å². The maximum atomic E-state index is 13.1. The summed E-state index contributed by atoms with van der Waals surface area (Å²) in [5.41, 5.74) is 4.99. The van der Waals surface area contributed by atoms with Crippen molar-refractivity contribution in [1.82, 2.24) is 10.2 Å². The van der Waals surface area contributed by atoms with E-state index in [0.29, 0.717) is 6.04 Å². The number of likely N-dealkylation sites (tertiary alicyclic amines) is 1. The number of aldehydes is 1. The number of fused-ring (bicyclic) bond motifs is 1. The van der Waals surface area contributed by atoms with Crippen molar-refractivity contribution in [3.63, 3.8) is 0 Å². The number of hydrogen-bond acceptors (Lipinski definition) is 4. The molecule has 2 aromatic rings. The van der Waals surface area contributed by atoms with Crippen LogP contribution < -0.4 is 10.2 Å². The van der Waals surface area contributed by atoms with Gasteiger partial charge in [-0.1, -0.05) is 31.2 Å². The Kier molecular flexibility index (Phi) is 6.80. The third kappa shape index (κ3) is 4.73. The van der Waals surface area contributed by atoms with Gasteiger partial charge >= 0.3 is 0 Å². The zero-order valence-electron chi connectivity index (χ0n) is 17.8. The lowest BCUT2D eigenvalue weighted by atomic mass is 10.0. The fourth-order valence-corrected chi connectivity index (χ4v) is 4.85. The summed E-state index contributed by atoms with van der Waals surface area (Å²) in [6, 6.07) is 13.7. The molecule has 0 spiro atoms. The van der Waals surface area contributed by atoms with Crippen molar-refractivity contribution in [2.75, 3.05) is 37.6 Å². The number of nitrogens with zero attached hydrogens (tertiary/aromatic N) is 2. The second-order valence-corrected chi connectivity index (χ2v) is 8.45. The van der Waals surface area contributed by atoms with E-state index in [4.69, 9.17) is 0 Å². The molecular formula is C25H32FN3O. The third-order valence-corrected chi connectivity index (χ3v) is 6.59. The Bertz CT molecular complexity index is 846. The fourth-order valence-electron chi connectivity index (χ4n) is 4.85. The number of piperidine rings is 1. The van der Waals surface area contributed by atoms with E-state index in [9.17, 15) is 9.18 Å². The second-order valence-electron chi connectivity index (χ2n) is 8.45. The maximum absolute atomic E-state index is 13.1. The van der Waals surface area contributed by atoms with Crippen LogP contribution in [0.3, 0.4) is 0 Å². The molecule has 4 rings (SSSR count). The van der Waals surface area contributed by atoms with E-state index in [1.807, 2.05) is 19.1 Å². The topological polar surface area (TPSA) is 35.6 Å². The van der Waals surface area contributed by atoms with E-state index in [-0.39, 0.29) is 11.9 Å². The molecule has 30 heavy (non-hydrogen) atoms. The van der Waals surface area contributed by atoms with Gasteiger partial charge in [0.1, 0.15) is 12.1 Å². The minimum absolute atomic E-state index is 0.168. The van der Waals surface area contributed by atoms with Gasteiger partial charge in [-0.2, -0.15) is 0 Å². The van der Waals surface area contributed by atoms with Crippen LogP contribution in [0.5, 0.6) is 0 Å². The van der Waals surface area contributed by atoms with Crippen molar-refractivity contribution in [2.45, 2.75) is 44.7 Å². The summed E-state index contributed by atoms with van der Waals surface area (Å²) in [5, 5.41) is 3.26. The van der Waals surface area contributed by atoms with Crippen molar-refractivity contribution in [1.29, 1.82) is 0 Å². The lowest BCUT2D eigenvalue weighted by Crippen LogP contribution is -2.45. The Balaban J connectivity index is 1.34. The Morgan fingerprint density at radius 1 is 1.13 bits per heavy atom. The SMILES string of the molecule is CCNC(C=O)c1ccc2c(c1)N(C1CCN(CCc3ccc(F)cc3)CC1)CC2. The first-order valence-electron chi connectivity index (χ1n) is 11.2. The van der Waals surface area contributed by atoms with Gasteiger partial charge < -0.3 is 19.9 Å². The van der Waals surface area contributed by atoms with Crippen LogP contribution in [-0.2, 0) is 17.6 Å². The molecule has 0 saturated carbocycles. The molecule has 0 bridgehead atoms. The van der Waals surface area contributed by atoms with E-state index < -0.39 is 0 Å². The molecule has 4 nitrogen and oxygen atoms in total. The Hall–Kier alpha value is -2.24. The third-order valence-electron chi connectivity index (χ3n) is 6.59. The van der Waals surface area contributed by atoms with Gasteiger partial charge in [0, 0.05) is 37.9 Å². The number of halogens is 1. The van der Waals surface area contributed by atoms with E-state index in [0.717, 1.165) is 70.3 Å². The van der Waals surface area contributed by atoms with Crippen LogP contribution in [0.25, 0.3) is 0 Å². The molecular weight excluding hydrogens is 377 g/mol. The molecule has 0 amide bonds. The van der Waals surface area contributed by atoms with E-state index in [1.54, 1.807) is 12.1 Å². The number of carbonyl (C=O) groups is 1. The minimum Gasteiger partial charge on any atom is -0.368 e. The Morgan fingerprint density at radius 3 is 2.60 bits per heavy atom. The molecule has 1 unspecified atom stereocenters. The highest BCUT2D eigenvalue weighted by molar-refractivity contribution is 5.66. The molecule has 2 aliphatic rings. The highest BCUT2D eigenvalue weighted by Gasteiger charge is 2.29. The summed E-state index contributed by atoms with van der Waals surface area (Å²) in [7, 11) is 0. The first-order valence-corrected chi connectivity index (χ1v) is 11.2. The van der Waals surface area contributed by atoms with Crippen molar-refractivity contribution >= 4 is 12.0 Å². The van der Waals surface area contributed by atoms with Gasteiger partial charge in [-0.25, -0.2) is 4.39 Å². The molecule has 160 valence electrons. The molecule has 0 radical (unpaired) electrons. The number of hydrogen-bond donors (Lipinski definition) is 1. The Morgan fingerprint density at radius 2 is 1.90 bits per heavy atom. The average Bonchev–Trinajstić information content (AvgIpc) is 3.21. The number of carbonyl (C=O) groups excluding carboxylic acids is 1. The van der Waals surface area contributed by atoms with Crippen LogP contribution in [0, 0.1) is 5.82 Å². The lowest BCUT2D eigenvalue weighted by molar-refractivity contribution is -0.109. The van der Waals surface area contributed by atoms with Gasteiger partial charge in [0.2, 0.25) is 0 Å². The smallest absolute Gasteiger partial charge is 0.141 e. The number of benzene rings is 2. The van der Waals surface area contributed by atoms with Crippen LogP contribution in [0.15, 0.2) is 42.5 Å². The van der Waals surface area contributed by atoms with Crippen molar-refractivity contribution < 1.29 is 9.18 Å². The van der Waals surface area contributed by atoms with E-state index in [1.165, 1.54) is 16.8 Å². The molecule has 0 aromatic heterocycles. The van der Waals surface area contributed by atoms with Crippen LogP contribution in [-0.4, -0.2) is 50.0 Å². The predicted molar refractivity (Wildman–Crippen MR) is 120 cm³/mol. The second kappa shape index (κ2) is 9.71. The van der Waals surface area contributed by atoms with Gasteiger partial charge in [0.25, 0.3) is 0 Å². The monoisotopic (exact) mass is 409 g/mol. The van der Waals surface area contributed by atoms with Gasteiger partial charge in [-0.15, -0.1) is 0 Å².